The summed E-state index contributed by atoms with van der Waals surface area (Å²) in [7, 11) is 0. The van der Waals surface area contributed by atoms with E-state index in [9.17, 15) is 19.2 Å². The summed E-state index contributed by atoms with van der Waals surface area (Å²) in [5.41, 5.74) is -1.10. The maximum Gasteiger partial charge on any atom is 0.351 e. The molecule has 1 saturated heterocycles. The van der Waals surface area contributed by atoms with Crippen LogP contribution >= 0.6 is 11.3 Å². The molecule has 1 fully saturated rings. The van der Waals surface area contributed by atoms with Gasteiger partial charge in [0, 0.05) is 12.0 Å². The maximum absolute atomic E-state index is 12.1. The van der Waals surface area contributed by atoms with Crippen LogP contribution in [0.2, 0.25) is 0 Å². The van der Waals surface area contributed by atoms with Crippen LogP contribution in [-0.2, 0) is 35.3 Å². The van der Waals surface area contributed by atoms with Gasteiger partial charge >= 0.3 is 17.9 Å². The number of carboxylic acids is 2. The average Bonchev–Trinajstić information content (AvgIpc) is 3.18. The summed E-state index contributed by atoms with van der Waals surface area (Å²) in [6.45, 7) is -0.241. The van der Waals surface area contributed by atoms with E-state index in [-0.39, 0.29) is 19.6 Å². The normalized spacial score (nSPS) is 20.0. The molecule has 10 heteroatoms. The first-order chi connectivity index (χ1) is 11.3. The van der Waals surface area contributed by atoms with E-state index in [2.05, 4.69) is 5.32 Å². The fourth-order valence-electron chi connectivity index (χ4n) is 1.85. The molecule has 130 valence electrons. The lowest BCUT2D eigenvalue weighted by Gasteiger charge is -2.16. The summed E-state index contributed by atoms with van der Waals surface area (Å²) in [4.78, 5) is 45.8. The topological polar surface area (TPSA) is 143 Å². The highest BCUT2D eigenvalue weighted by molar-refractivity contribution is 7.07. The van der Waals surface area contributed by atoms with Crippen LogP contribution in [0.4, 0.5) is 0 Å². The fourth-order valence-corrected chi connectivity index (χ4v) is 2.51. The van der Waals surface area contributed by atoms with E-state index in [0.29, 0.717) is 0 Å². The number of nitrogens with one attached hydrogen (secondary N) is 1. The van der Waals surface area contributed by atoms with Crippen LogP contribution < -0.4 is 5.32 Å². The van der Waals surface area contributed by atoms with Crippen molar-refractivity contribution in [2.75, 3.05) is 6.61 Å². The number of epoxide rings is 1. The second kappa shape index (κ2) is 7.41. The first-order valence-corrected chi connectivity index (χ1v) is 7.87. The Hall–Kier alpha value is -2.46. The molecule has 0 aliphatic carbocycles. The Kier molecular flexibility index (Phi) is 5.52. The molecule has 0 bridgehead atoms. The van der Waals surface area contributed by atoms with Crippen molar-refractivity contribution in [3.8, 4) is 0 Å². The molecule has 3 N–H and O–H groups in total. The Morgan fingerprint density at radius 2 is 2.08 bits per heavy atom. The number of esters is 1. The molecule has 1 unspecified atom stereocenters. The van der Waals surface area contributed by atoms with Crippen molar-refractivity contribution in [2.45, 2.75) is 31.1 Å². The molecule has 1 aliphatic rings. The van der Waals surface area contributed by atoms with Crippen molar-refractivity contribution in [1.29, 1.82) is 0 Å². The number of hydrogen-bond donors (Lipinski definition) is 3. The molecular formula is C14H15NO8S. The van der Waals surface area contributed by atoms with Crippen LogP contribution in [0.5, 0.6) is 0 Å². The van der Waals surface area contributed by atoms with E-state index in [1.165, 1.54) is 11.3 Å². The number of aliphatic carboxylic acids is 2. The number of ether oxygens (including phenoxy) is 2. The standard InChI is InChI=1S/C14H15NO8S/c16-10(17)2-1-9(11(18)19)15-12(20)14(7-23-14)13(21)22-5-8-3-4-24-6-8/h3-4,6,9H,1-2,5,7H2,(H,15,20)(H,16,17)(H,18,19)/t9-,14?/m0/s1. The minimum atomic E-state index is -1.85. The quantitative estimate of drug-likeness (QED) is 0.318. The minimum Gasteiger partial charge on any atom is -0.481 e. The average molecular weight is 357 g/mol. The van der Waals surface area contributed by atoms with Crippen molar-refractivity contribution < 1.29 is 38.9 Å². The van der Waals surface area contributed by atoms with Crippen LogP contribution in [0.25, 0.3) is 0 Å². The number of thiophene rings is 1. The Morgan fingerprint density at radius 3 is 2.58 bits per heavy atom. The SMILES string of the molecule is O=C(O)CC[C@H](NC(=O)C1(C(=O)OCc2ccsc2)CO1)C(=O)O. The summed E-state index contributed by atoms with van der Waals surface area (Å²) < 4.78 is 9.92. The van der Waals surface area contributed by atoms with Gasteiger partial charge in [-0.1, -0.05) is 0 Å². The molecule has 0 saturated carbocycles. The highest BCUT2D eigenvalue weighted by atomic mass is 32.1. The molecule has 0 spiro atoms. The molecule has 1 aromatic heterocycles. The summed E-state index contributed by atoms with van der Waals surface area (Å²) in [5.74, 6) is -4.45. The number of carbonyl (C=O) groups is 4. The zero-order valence-corrected chi connectivity index (χ0v) is 13.2. The molecule has 1 amide bonds. The zero-order valence-electron chi connectivity index (χ0n) is 12.4. The summed E-state index contributed by atoms with van der Waals surface area (Å²) in [5, 5.41) is 23.3. The van der Waals surface area contributed by atoms with Gasteiger partial charge in [0.05, 0.1) is 6.61 Å². The van der Waals surface area contributed by atoms with E-state index < -0.39 is 41.9 Å². The van der Waals surface area contributed by atoms with E-state index in [4.69, 9.17) is 19.7 Å². The molecular weight excluding hydrogens is 342 g/mol. The van der Waals surface area contributed by atoms with Gasteiger partial charge in [-0.15, -0.1) is 0 Å². The molecule has 2 heterocycles. The number of amides is 1. The minimum absolute atomic E-state index is 0.0257. The van der Waals surface area contributed by atoms with Crippen LogP contribution in [0.3, 0.4) is 0 Å². The lowest BCUT2D eigenvalue weighted by molar-refractivity contribution is -0.157. The number of carboxylic acid groups (broad SMARTS) is 2. The fraction of sp³-hybridized carbons (Fsp3) is 0.429. The smallest absolute Gasteiger partial charge is 0.351 e. The Morgan fingerprint density at radius 1 is 1.38 bits per heavy atom. The number of hydrogen-bond acceptors (Lipinski definition) is 7. The van der Waals surface area contributed by atoms with Crippen molar-refractivity contribution in [2.24, 2.45) is 0 Å². The third-order valence-electron chi connectivity index (χ3n) is 3.33. The van der Waals surface area contributed by atoms with Crippen molar-refractivity contribution in [3.63, 3.8) is 0 Å². The molecule has 0 radical (unpaired) electrons. The van der Waals surface area contributed by atoms with Gasteiger partial charge in [-0.2, -0.15) is 11.3 Å². The Balaban J connectivity index is 1.92. The van der Waals surface area contributed by atoms with E-state index in [1.807, 2.05) is 0 Å². The molecule has 0 aromatic carbocycles. The molecule has 24 heavy (non-hydrogen) atoms. The molecule has 1 aliphatic heterocycles. The monoisotopic (exact) mass is 357 g/mol. The highest BCUT2D eigenvalue weighted by Gasteiger charge is 2.61. The molecule has 9 nitrogen and oxygen atoms in total. The third-order valence-corrected chi connectivity index (χ3v) is 4.06. The molecule has 2 atom stereocenters. The number of rotatable bonds is 9. The van der Waals surface area contributed by atoms with Crippen LogP contribution in [0, 0.1) is 0 Å². The lowest BCUT2D eigenvalue weighted by atomic mass is 10.1. The zero-order chi connectivity index (χ0) is 17.7. The van der Waals surface area contributed by atoms with Gasteiger partial charge in [0.15, 0.2) is 0 Å². The number of carbonyl (C=O) groups excluding carboxylic acids is 2. The molecule has 2 rings (SSSR count). The summed E-state index contributed by atoms with van der Waals surface area (Å²) in [6.07, 6.45) is -0.746. The van der Waals surface area contributed by atoms with Crippen LogP contribution in [-0.4, -0.2) is 52.3 Å². The molecule has 1 aromatic rings. The first-order valence-electron chi connectivity index (χ1n) is 6.93. The van der Waals surface area contributed by atoms with Gasteiger partial charge in [0.25, 0.3) is 11.5 Å². The van der Waals surface area contributed by atoms with Crippen LogP contribution in [0.15, 0.2) is 16.8 Å². The van der Waals surface area contributed by atoms with Gasteiger partial charge in [-0.3, -0.25) is 9.59 Å². The first kappa shape index (κ1) is 17.9. The van der Waals surface area contributed by atoms with E-state index in [1.54, 1.807) is 16.8 Å². The van der Waals surface area contributed by atoms with Gasteiger partial charge in [0.2, 0.25) is 0 Å². The van der Waals surface area contributed by atoms with Crippen molar-refractivity contribution in [1.82, 2.24) is 5.32 Å². The summed E-state index contributed by atoms with van der Waals surface area (Å²) in [6, 6.07) is 0.324. The van der Waals surface area contributed by atoms with Crippen LogP contribution in [0.1, 0.15) is 18.4 Å². The highest BCUT2D eigenvalue weighted by Crippen LogP contribution is 2.29. The summed E-state index contributed by atoms with van der Waals surface area (Å²) >= 11 is 1.43. The maximum atomic E-state index is 12.1. The van der Waals surface area contributed by atoms with Gasteiger partial charge in [0.1, 0.15) is 12.6 Å². The second-order valence-electron chi connectivity index (χ2n) is 5.12. The van der Waals surface area contributed by atoms with E-state index in [0.717, 1.165) is 5.56 Å². The second-order valence-corrected chi connectivity index (χ2v) is 5.90. The largest absolute Gasteiger partial charge is 0.481 e. The third kappa shape index (κ3) is 4.30. The van der Waals surface area contributed by atoms with Gasteiger partial charge in [-0.25, -0.2) is 9.59 Å². The van der Waals surface area contributed by atoms with Crippen molar-refractivity contribution >= 4 is 35.2 Å². The van der Waals surface area contributed by atoms with Gasteiger partial charge in [-0.05, 0) is 23.2 Å². The van der Waals surface area contributed by atoms with Gasteiger partial charge < -0.3 is 25.0 Å². The predicted molar refractivity (Wildman–Crippen MR) is 79.2 cm³/mol. The predicted octanol–water partition coefficient (Wildman–Crippen LogP) is -0.00550. The van der Waals surface area contributed by atoms with E-state index >= 15 is 0 Å². The Labute approximate surface area is 140 Å². The Bertz CT molecular complexity index is 637. The lowest BCUT2D eigenvalue weighted by Crippen LogP contribution is -2.50. The van der Waals surface area contributed by atoms with Crippen molar-refractivity contribution in [3.05, 3.63) is 22.4 Å².